The second kappa shape index (κ2) is 6.95. The fourth-order valence-corrected chi connectivity index (χ4v) is 10.9. The van der Waals surface area contributed by atoms with E-state index < -0.39 is 12.4 Å². The Morgan fingerprint density at radius 3 is 2.03 bits per heavy atom. The maximum Gasteiger partial charge on any atom is 0.295 e. The maximum absolute atomic E-state index is 15.6. The van der Waals surface area contributed by atoms with Crippen LogP contribution in [0.5, 0.6) is 0 Å². The smallest absolute Gasteiger partial charge is 0.268 e. The van der Waals surface area contributed by atoms with E-state index in [1.54, 1.807) is 0 Å². The summed E-state index contributed by atoms with van der Waals surface area (Å²) in [4.78, 5) is 0. The van der Waals surface area contributed by atoms with E-state index in [2.05, 4.69) is 94.6 Å². The van der Waals surface area contributed by atoms with E-state index in [9.17, 15) is 0 Å². The van der Waals surface area contributed by atoms with Crippen LogP contribution in [0.25, 0.3) is 11.4 Å². The summed E-state index contributed by atoms with van der Waals surface area (Å²) in [6.45, 7) is 18.3. The molecular formula is C29H38N2OP+. The standard InChI is InChI=1S/C29H38N2OP/c1-9-28(8)24-19-15-18-23-25(24)26-30(29(28,10-2)11-3)20(4)21(5)31(26)33(32,27(23,6)7)22-16-13-12-14-17-22/h12-19H,9-11H2,1-8H3/q+1. The first-order chi connectivity index (χ1) is 15.6. The van der Waals surface area contributed by atoms with Crippen molar-refractivity contribution >= 4 is 12.6 Å². The molecule has 174 valence electrons. The average Bonchev–Trinajstić information content (AvgIpc) is 3.10. The summed E-state index contributed by atoms with van der Waals surface area (Å²) in [5.74, 6) is 1.16. The van der Waals surface area contributed by atoms with Crippen molar-refractivity contribution < 1.29 is 9.13 Å². The van der Waals surface area contributed by atoms with Crippen LogP contribution in [0, 0.1) is 13.8 Å². The van der Waals surface area contributed by atoms with E-state index >= 15 is 4.57 Å². The summed E-state index contributed by atoms with van der Waals surface area (Å²) in [5.41, 5.74) is 6.30. The third-order valence-electron chi connectivity index (χ3n) is 9.61. The van der Waals surface area contributed by atoms with Gasteiger partial charge in [-0.2, -0.15) is 4.34 Å². The number of hydrogen-bond donors (Lipinski definition) is 0. The van der Waals surface area contributed by atoms with Crippen molar-refractivity contribution in [1.29, 1.82) is 0 Å². The molecule has 0 N–H and O–H groups in total. The minimum Gasteiger partial charge on any atom is -0.268 e. The molecule has 3 nitrogen and oxygen atoms in total. The first kappa shape index (κ1) is 22.7. The Balaban J connectivity index is 2.07. The molecule has 0 aliphatic carbocycles. The van der Waals surface area contributed by atoms with Crippen LogP contribution in [0.1, 0.15) is 83.3 Å². The van der Waals surface area contributed by atoms with Gasteiger partial charge in [-0.15, -0.1) is 0 Å². The third kappa shape index (κ3) is 2.28. The van der Waals surface area contributed by atoms with Gasteiger partial charge in [0.15, 0.2) is 0 Å². The molecule has 3 aromatic rings. The van der Waals surface area contributed by atoms with Crippen LogP contribution >= 0.6 is 7.29 Å². The monoisotopic (exact) mass is 461 g/mol. The van der Waals surface area contributed by atoms with Crippen LogP contribution < -0.4 is 9.87 Å². The molecule has 0 radical (unpaired) electrons. The number of benzene rings is 2. The zero-order valence-electron chi connectivity index (χ0n) is 21.5. The van der Waals surface area contributed by atoms with Crippen LogP contribution in [-0.2, 0) is 20.7 Å². The molecule has 2 aliphatic heterocycles. The Labute approximate surface area is 199 Å². The third-order valence-corrected chi connectivity index (χ3v) is 13.4. The molecule has 2 aromatic carbocycles. The van der Waals surface area contributed by atoms with Gasteiger partial charge in [-0.3, -0.25) is 4.57 Å². The Bertz CT molecular complexity index is 1310. The van der Waals surface area contributed by atoms with Gasteiger partial charge in [0.05, 0.1) is 16.0 Å². The van der Waals surface area contributed by atoms with Crippen LogP contribution in [0.3, 0.4) is 0 Å². The predicted octanol–water partition coefficient (Wildman–Crippen LogP) is 6.96. The zero-order valence-corrected chi connectivity index (χ0v) is 22.4. The molecule has 4 heteroatoms. The van der Waals surface area contributed by atoms with E-state index in [0.29, 0.717) is 0 Å². The summed E-state index contributed by atoms with van der Waals surface area (Å²) in [7, 11) is -3.05. The minimum atomic E-state index is -3.05. The molecule has 1 aromatic heterocycles. The molecule has 0 amide bonds. The molecule has 0 saturated heterocycles. The number of nitrogens with zero attached hydrogens (tertiary/aromatic N) is 2. The van der Waals surface area contributed by atoms with Gasteiger partial charge in [0.25, 0.3) is 13.1 Å². The Morgan fingerprint density at radius 2 is 1.45 bits per heavy atom. The SMILES string of the molecule is CCC1(C)c2cccc3c2-c2n(c(C)c(C)[n+]2C1(CC)CC)P(=O)(c1ccccc1)C3(C)C. The lowest BCUT2D eigenvalue weighted by Crippen LogP contribution is -2.70. The zero-order chi connectivity index (χ0) is 24.0. The van der Waals surface area contributed by atoms with Gasteiger partial charge in [-0.05, 0) is 56.4 Å². The van der Waals surface area contributed by atoms with Crippen molar-refractivity contribution in [1.82, 2.24) is 4.34 Å². The number of imidazole rings is 1. The van der Waals surface area contributed by atoms with E-state index in [0.717, 1.165) is 36.1 Å². The number of hydrogen-bond acceptors (Lipinski definition) is 1. The highest BCUT2D eigenvalue weighted by molar-refractivity contribution is 7.71. The van der Waals surface area contributed by atoms with Gasteiger partial charge < -0.3 is 0 Å². The van der Waals surface area contributed by atoms with E-state index in [1.807, 2.05) is 18.2 Å². The van der Waals surface area contributed by atoms with Crippen molar-refractivity contribution in [2.24, 2.45) is 0 Å². The quantitative estimate of drug-likeness (QED) is 0.305. The molecule has 2 atom stereocenters. The fourth-order valence-electron chi connectivity index (χ4n) is 7.42. The number of rotatable bonds is 4. The lowest BCUT2D eigenvalue weighted by atomic mass is 9.58. The second-order valence-electron chi connectivity index (χ2n) is 10.8. The van der Waals surface area contributed by atoms with Crippen molar-refractivity contribution in [3.63, 3.8) is 0 Å². The lowest BCUT2D eigenvalue weighted by molar-refractivity contribution is -0.773. The Hall–Kier alpha value is -2.12. The highest BCUT2D eigenvalue weighted by Gasteiger charge is 2.65. The predicted molar refractivity (Wildman–Crippen MR) is 138 cm³/mol. The Morgan fingerprint density at radius 1 is 0.848 bits per heavy atom. The van der Waals surface area contributed by atoms with Gasteiger partial charge >= 0.3 is 0 Å². The van der Waals surface area contributed by atoms with Crippen LogP contribution in [-0.4, -0.2) is 4.34 Å². The number of aromatic nitrogens is 2. The first-order valence-electron chi connectivity index (χ1n) is 12.5. The summed E-state index contributed by atoms with van der Waals surface area (Å²) < 4.78 is 20.5. The van der Waals surface area contributed by atoms with Crippen molar-refractivity contribution in [2.45, 2.75) is 90.8 Å². The van der Waals surface area contributed by atoms with Gasteiger partial charge in [0.1, 0.15) is 16.9 Å². The van der Waals surface area contributed by atoms with Crippen LogP contribution in [0.15, 0.2) is 48.5 Å². The van der Waals surface area contributed by atoms with Crippen LogP contribution in [0.4, 0.5) is 0 Å². The summed E-state index contributed by atoms with van der Waals surface area (Å²) in [5, 5.41) is 0.420. The van der Waals surface area contributed by atoms with Crippen molar-refractivity contribution in [3.05, 3.63) is 71.0 Å². The highest BCUT2D eigenvalue weighted by Crippen LogP contribution is 2.70. The molecule has 33 heavy (non-hydrogen) atoms. The Kier molecular flexibility index (Phi) is 4.77. The highest BCUT2D eigenvalue weighted by atomic mass is 31.2. The average molecular weight is 462 g/mol. The van der Waals surface area contributed by atoms with E-state index in [1.165, 1.54) is 22.4 Å². The normalized spacial score (nSPS) is 26.2. The largest absolute Gasteiger partial charge is 0.295 e. The van der Waals surface area contributed by atoms with Gasteiger partial charge in [-0.25, -0.2) is 4.57 Å². The van der Waals surface area contributed by atoms with Gasteiger partial charge in [-0.1, -0.05) is 64.1 Å². The fraction of sp³-hybridized carbons (Fsp3) is 0.483. The molecule has 3 heterocycles. The van der Waals surface area contributed by atoms with E-state index in [4.69, 9.17) is 0 Å². The first-order valence-corrected chi connectivity index (χ1v) is 14.2. The molecule has 5 rings (SSSR count). The maximum atomic E-state index is 15.6. The summed E-state index contributed by atoms with van der Waals surface area (Å²) in [6, 6.07) is 17.0. The second-order valence-corrected chi connectivity index (χ2v) is 14.0. The van der Waals surface area contributed by atoms with Crippen LogP contribution in [0.2, 0.25) is 0 Å². The molecule has 2 unspecified atom stereocenters. The lowest BCUT2D eigenvalue weighted by Gasteiger charge is -2.52. The topological polar surface area (TPSA) is 25.9 Å². The van der Waals surface area contributed by atoms with Gasteiger partial charge in [0, 0.05) is 19.3 Å². The molecule has 0 fully saturated rings. The summed E-state index contributed by atoms with van der Waals surface area (Å²) in [6.07, 6.45) is 3.15. The van der Waals surface area contributed by atoms with Crippen molar-refractivity contribution in [2.75, 3.05) is 0 Å². The molecule has 2 aliphatic rings. The summed E-state index contributed by atoms with van der Waals surface area (Å²) >= 11 is 0. The molecule has 0 bridgehead atoms. The molecule has 0 spiro atoms. The molecular weight excluding hydrogens is 423 g/mol. The van der Waals surface area contributed by atoms with Crippen molar-refractivity contribution in [3.8, 4) is 11.4 Å². The van der Waals surface area contributed by atoms with Gasteiger partial charge in [0.2, 0.25) is 0 Å². The molecule has 0 saturated carbocycles. The van der Waals surface area contributed by atoms with E-state index in [-0.39, 0.29) is 11.0 Å². The minimum absolute atomic E-state index is 0.00690.